The molecular weight excluding hydrogens is 382 g/mol. The first-order chi connectivity index (χ1) is 14.0. The number of ether oxygens (including phenoxy) is 1. The Labute approximate surface area is 169 Å². The average molecular weight is 410 g/mol. The van der Waals surface area contributed by atoms with Crippen molar-refractivity contribution in [3.63, 3.8) is 0 Å². The largest absolute Gasteiger partial charge is 0.488 e. The van der Waals surface area contributed by atoms with Crippen LogP contribution >= 0.6 is 0 Å². The van der Waals surface area contributed by atoms with Gasteiger partial charge in [-0.2, -0.15) is 0 Å². The van der Waals surface area contributed by atoms with Crippen LogP contribution in [0.2, 0.25) is 0 Å². The summed E-state index contributed by atoms with van der Waals surface area (Å²) in [4.78, 5) is 24.4. The van der Waals surface area contributed by atoms with Crippen molar-refractivity contribution in [1.82, 2.24) is 21.1 Å². The Kier molecular flexibility index (Phi) is 7.38. The normalized spacial score (nSPS) is 18.1. The summed E-state index contributed by atoms with van der Waals surface area (Å²) in [5, 5.41) is 2.33. The predicted octanol–water partition coefficient (Wildman–Crippen LogP) is 2.53. The number of nitrogens with one attached hydrogen (secondary N) is 3. The second-order valence-corrected chi connectivity index (χ2v) is 7.51. The number of nitrogens with zero attached hydrogens (tertiary/aromatic N) is 1. The first-order valence-corrected chi connectivity index (χ1v) is 10.1. The fourth-order valence-electron chi connectivity index (χ4n) is 3.39. The molecule has 3 rings (SSSR count). The number of hydrogen-bond donors (Lipinski definition) is 3. The monoisotopic (exact) mass is 410 g/mol. The molecule has 2 aliphatic rings. The van der Waals surface area contributed by atoms with Crippen molar-refractivity contribution >= 4 is 11.9 Å². The summed E-state index contributed by atoms with van der Waals surface area (Å²) in [6, 6.07) is 7.01. The lowest BCUT2D eigenvalue weighted by Crippen LogP contribution is -2.49. The Bertz CT molecular complexity index is 713. The molecule has 160 valence electrons. The van der Waals surface area contributed by atoms with Gasteiger partial charge in [-0.25, -0.2) is 19.0 Å². The van der Waals surface area contributed by atoms with Crippen LogP contribution in [-0.4, -0.2) is 49.5 Å². The van der Waals surface area contributed by atoms with E-state index in [0.717, 1.165) is 44.2 Å². The van der Waals surface area contributed by atoms with Crippen molar-refractivity contribution in [2.75, 3.05) is 26.2 Å². The molecule has 1 aromatic carbocycles. The highest BCUT2D eigenvalue weighted by molar-refractivity contribution is 5.96. The zero-order valence-corrected chi connectivity index (χ0v) is 16.4. The van der Waals surface area contributed by atoms with Crippen molar-refractivity contribution < 1.29 is 23.1 Å². The highest BCUT2D eigenvalue weighted by Crippen LogP contribution is 2.45. The predicted molar refractivity (Wildman–Crippen MR) is 104 cm³/mol. The zero-order chi connectivity index (χ0) is 20.7. The number of halogens is 2. The summed E-state index contributed by atoms with van der Waals surface area (Å²) in [6.07, 6.45) is 2.64. The highest BCUT2D eigenvalue weighted by Gasteiger charge is 2.44. The third kappa shape index (κ3) is 6.37. The number of benzene rings is 1. The maximum Gasteiger partial charge on any atom is 0.324 e. The maximum absolute atomic E-state index is 12.3. The second kappa shape index (κ2) is 9.98. The van der Waals surface area contributed by atoms with Gasteiger partial charge in [0.1, 0.15) is 12.4 Å². The van der Waals surface area contributed by atoms with E-state index in [1.165, 1.54) is 0 Å². The van der Waals surface area contributed by atoms with Gasteiger partial charge in [-0.1, -0.05) is 18.6 Å². The van der Waals surface area contributed by atoms with E-state index in [-0.39, 0.29) is 17.5 Å². The quantitative estimate of drug-likeness (QED) is 0.364. The lowest BCUT2D eigenvalue weighted by Gasteiger charge is -2.26. The SMILES string of the molecule is O=C1CCN(CCCCCNNC2(c3cccc(OCC(F)F)c3)CC2)C(=O)N1. The molecule has 1 aromatic rings. The van der Waals surface area contributed by atoms with E-state index in [9.17, 15) is 18.4 Å². The minimum absolute atomic E-state index is 0.164. The number of hydrazine groups is 1. The van der Waals surface area contributed by atoms with Gasteiger partial charge in [-0.15, -0.1) is 0 Å². The Morgan fingerprint density at radius 3 is 2.76 bits per heavy atom. The van der Waals surface area contributed by atoms with Crippen molar-refractivity contribution in [3.8, 4) is 5.75 Å². The standard InChI is InChI=1S/C20H28F2N4O3/c21-17(22)14-29-16-6-4-5-15(13-16)20(8-9-20)25-23-10-2-1-3-11-26-12-7-18(27)24-19(26)28/h4-6,13,17,23,25H,1-3,7-12,14H2,(H,24,27,28). The van der Waals surface area contributed by atoms with Crippen LogP contribution < -0.4 is 20.9 Å². The number of amides is 3. The van der Waals surface area contributed by atoms with E-state index >= 15 is 0 Å². The fourth-order valence-corrected chi connectivity index (χ4v) is 3.39. The van der Waals surface area contributed by atoms with E-state index in [0.29, 0.717) is 25.3 Å². The zero-order valence-electron chi connectivity index (χ0n) is 16.4. The summed E-state index contributed by atoms with van der Waals surface area (Å²) in [5.41, 5.74) is 7.49. The number of alkyl halides is 2. The van der Waals surface area contributed by atoms with Gasteiger partial charge in [0.25, 0.3) is 6.43 Å². The molecule has 2 fully saturated rings. The molecule has 1 saturated heterocycles. The van der Waals surface area contributed by atoms with Crippen molar-refractivity contribution in [2.45, 2.75) is 50.5 Å². The highest BCUT2D eigenvalue weighted by atomic mass is 19.3. The summed E-state index contributed by atoms with van der Waals surface area (Å²) in [7, 11) is 0. The fraction of sp³-hybridized carbons (Fsp3) is 0.600. The van der Waals surface area contributed by atoms with Crippen LogP contribution in [0.15, 0.2) is 24.3 Å². The first-order valence-electron chi connectivity index (χ1n) is 10.1. The van der Waals surface area contributed by atoms with Gasteiger partial charge in [0.05, 0.1) is 5.54 Å². The van der Waals surface area contributed by atoms with Gasteiger partial charge in [0.15, 0.2) is 0 Å². The molecule has 0 aromatic heterocycles. The minimum atomic E-state index is -2.49. The molecule has 1 heterocycles. The molecule has 1 aliphatic heterocycles. The molecule has 0 bridgehead atoms. The number of hydrogen-bond acceptors (Lipinski definition) is 5. The molecule has 0 spiro atoms. The third-order valence-electron chi connectivity index (χ3n) is 5.21. The average Bonchev–Trinajstić information content (AvgIpc) is 3.48. The molecule has 9 heteroatoms. The molecule has 29 heavy (non-hydrogen) atoms. The second-order valence-electron chi connectivity index (χ2n) is 7.51. The molecule has 7 nitrogen and oxygen atoms in total. The topological polar surface area (TPSA) is 82.7 Å². The van der Waals surface area contributed by atoms with E-state index in [4.69, 9.17) is 4.74 Å². The number of imide groups is 1. The number of urea groups is 1. The summed E-state index contributed by atoms with van der Waals surface area (Å²) >= 11 is 0. The first kappa shape index (κ1) is 21.4. The van der Waals surface area contributed by atoms with E-state index in [1.807, 2.05) is 18.2 Å². The van der Waals surface area contributed by atoms with E-state index in [1.54, 1.807) is 11.0 Å². The molecule has 0 atom stereocenters. The number of carbonyl (C=O) groups excluding carboxylic acids is 2. The van der Waals surface area contributed by atoms with Gasteiger partial charge < -0.3 is 9.64 Å². The Balaban J connectivity index is 1.32. The van der Waals surface area contributed by atoms with Crippen LogP contribution in [0.25, 0.3) is 0 Å². The van der Waals surface area contributed by atoms with E-state index < -0.39 is 13.0 Å². The van der Waals surface area contributed by atoms with Crippen LogP contribution in [0, 0.1) is 0 Å². The van der Waals surface area contributed by atoms with Gasteiger partial charge in [0.2, 0.25) is 5.91 Å². The van der Waals surface area contributed by atoms with Crippen molar-refractivity contribution in [1.29, 1.82) is 0 Å². The maximum atomic E-state index is 12.3. The minimum Gasteiger partial charge on any atom is -0.488 e. The lowest BCUT2D eigenvalue weighted by atomic mass is 10.1. The molecule has 3 amide bonds. The summed E-state index contributed by atoms with van der Waals surface area (Å²) < 4.78 is 29.8. The van der Waals surface area contributed by atoms with Crippen LogP contribution in [0.3, 0.4) is 0 Å². The Hall–Kier alpha value is -2.26. The molecule has 1 saturated carbocycles. The van der Waals surface area contributed by atoms with Crippen LogP contribution in [-0.2, 0) is 10.3 Å². The van der Waals surface area contributed by atoms with Gasteiger partial charge in [-0.05, 0) is 43.4 Å². The molecule has 0 unspecified atom stereocenters. The van der Waals surface area contributed by atoms with Crippen molar-refractivity contribution in [2.24, 2.45) is 0 Å². The van der Waals surface area contributed by atoms with Gasteiger partial charge in [0, 0.05) is 26.1 Å². The Morgan fingerprint density at radius 2 is 2.03 bits per heavy atom. The number of rotatable bonds is 12. The molecular formula is C20H28F2N4O3. The van der Waals surface area contributed by atoms with Gasteiger partial charge in [-0.3, -0.25) is 15.5 Å². The number of carbonyl (C=O) groups is 2. The Morgan fingerprint density at radius 1 is 1.21 bits per heavy atom. The third-order valence-corrected chi connectivity index (χ3v) is 5.21. The summed E-state index contributed by atoms with van der Waals surface area (Å²) in [6.45, 7) is 1.33. The van der Waals surface area contributed by atoms with Crippen LogP contribution in [0.1, 0.15) is 44.1 Å². The molecule has 0 radical (unpaired) electrons. The van der Waals surface area contributed by atoms with Crippen LogP contribution in [0.4, 0.5) is 13.6 Å². The molecule has 3 N–H and O–H groups in total. The van der Waals surface area contributed by atoms with Crippen molar-refractivity contribution in [3.05, 3.63) is 29.8 Å². The lowest BCUT2D eigenvalue weighted by molar-refractivity contribution is -0.121. The van der Waals surface area contributed by atoms with E-state index in [2.05, 4.69) is 16.2 Å². The number of unbranched alkanes of at least 4 members (excludes halogenated alkanes) is 2. The summed E-state index contributed by atoms with van der Waals surface area (Å²) in [5.74, 6) is 0.251. The van der Waals surface area contributed by atoms with Crippen LogP contribution in [0.5, 0.6) is 5.75 Å². The molecule has 1 aliphatic carbocycles. The van der Waals surface area contributed by atoms with Gasteiger partial charge >= 0.3 is 6.03 Å². The smallest absolute Gasteiger partial charge is 0.324 e.